The number of benzene rings is 2. The van der Waals surface area contributed by atoms with Crippen molar-refractivity contribution in [2.45, 2.75) is 57.4 Å². The number of ether oxygens (including phenoxy) is 1. The lowest BCUT2D eigenvalue weighted by molar-refractivity contribution is -0.137. The van der Waals surface area contributed by atoms with Crippen molar-refractivity contribution in [2.24, 2.45) is 0 Å². The lowest BCUT2D eigenvalue weighted by atomic mass is 9.97. The van der Waals surface area contributed by atoms with Gasteiger partial charge in [-0.2, -0.15) is 18.2 Å². The van der Waals surface area contributed by atoms with Crippen molar-refractivity contribution in [1.82, 2.24) is 20.2 Å². The van der Waals surface area contributed by atoms with Gasteiger partial charge in [-0.25, -0.2) is 13.4 Å². The van der Waals surface area contributed by atoms with Gasteiger partial charge < -0.3 is 25.6 Å². The van der Waals surface area contributed by atoms with Gasteiger partial charge in [0, 0.05) is 44.0 Å². The van der Waals surface area contributed by atoms with E-state index in [4.69, 9.17) is 4.74 Å². The van der Waals surface area contributed by atoms with Crippen LogP contribution in [0, 0.1) is 6.92 Å². The van der Waals surface area contributed by atoms with Crippen LogP contribution in [0.1, 0.15) is 52.7 Å². The molecule has 5 rings (SSSR count). The molecule has 2 aliphatic rings. The second-order valence-electron chi connectivity index (χ2n) is 11.7. The van der Waals surface area contributed by atoms with Crippen LogP contribution in [0.15, 0.2) is 42.6 Å². The van der Waals surface area contributed by atoms with Gasteiger partial charge in [0.2, 0.25) is 16.0 Å². The molecule has 2 saturated heterocycles. The Kier molecular flexibility index (Phi) is 9.63. The van der Waals surface area contributed by atoms with Gasteiger partial charge in [0.1, 0.15) is 17.1 Å². The van der Waals surface area contributed by atoms with Gasteiger partial charge in [-0.1, -0.05) is 12.1 Å². The molecular formula is C31H38F3N7O4S. The maximum atomic E-state index is 13.9. The third-order valence-electron chi connectivity index (χ3n) is 8.48. The number of carbonyl (C=O) groups is 1. The average molecular weight is 662 g/mol. The molecule has 0 radical (unpaired) electrons. The smallest absolute Gasteiger partial charge is 0.421 e. The third-order valence-corrected chi connectivity index (χ3v) is 9.68. The van der Waals surface area contributed by atoms with Crippen molar-refractivity contribution < 1.29 is 31.1 Å². The quantitative estimate of drug-likeness (QED) is 0.277. The van der Waals surface area contributed by atoms with Crippen LogP contribution in [0.4, 0.5) is 36.3 Å². The Bertz CT molecular complexity index is 1700. The molecule has 3 heterocycles. The van der Waals surface area contributed by atoms with Crippen LogP contribution in [0.2, 0.25) is 0 Å². The largest absolute Gasteiger partial charge is 0.495 e. The molecule has 2 aliphatic heterocycles. The molecule has 46 heavy (non-hydrogen) atoms. The number of alkyl halides is 3. The van der Waals surface area contributed by atoms with E-state index >= 15 is 0 Å². The van der Waals surface area contributed by atoms with Gasteiger partial charge in [0.05, 0.1) is 24.7 Å². The van der Waals surface area contributed by atoms with Gasteiger partial charge >= 0.3 is 6.18 Å². The fraction of sp³-hybridized carbons (Fsp3) is 0.452. The number of aryl methyl sites for hydroxylation is 1. The molecule has 2 fully saturated rings. The number of halogens is 3. The summed E-state index contributed by atoms with van der Waals surface area (Å²) in [7, 11) is -0.826. The first-order valence-electron chi connectivity index (χ1n) is 14.9. The highest BCUT2D eigenvalue weighted by atomic mass is 32.2. The average Bonchev–Trinajstić information content (AvgIpc) is 3.47. The summed E-state index contributed by atoms with van der Waals surface area (Å²) >= 11 is 0. The lowest BCUT2D eigenvalue weighted by Gasteiger charge is -2.35. The molecule has 15 heteroatoms. The zero-order chi connectivity index (χ0) is 33.2. The number of hydrogen-bond donors (Lipinski definition) is 3. The van der Waals surface area contributed by atoms with Crippen LogP contribution in [0.3, 0.4) is 0 Å². The van der Waals surface area contributed by atoms with Gasteiger partial charge in [0.15, 0.2) is 0 Å². The lowest BCUT2D eigenvalue weighted by Crippen LogP contribution is -2.47. The van der Waals surface area contributed by atoms with E-state index in [0.29, 0.717) is 34.7 Å². The van der Waals surface area contributed by atoms with Crippen molar-refractivity contribution in [2.75, 3.05) is 48.4 Å². The zero-order valence-electron chi connectivity index (χ0n) is 26.1. The number of hydrogen-bond acceptors (Lipinski definition) is 9. The summed E-state index contributed by atoms with van der Waals surface area (Å²) in [5.41, 5.74) is 1.20. The summed E-state index contributed by atoms with van der Waals surface area (Å²) in [6.45, 7) is 3.72. The van der Waals surface area contributed by atoms with Gasteiger partial charge in [0.25, 0.3) is 5.91 Å². The molecule has 3 aromatic rings. The molecular weight excluding hydrogens is 623 g/mol. The highest BCUT2D eigenvalue weighted by molar-refractivity contribution is 7.92. The minimum atomic E-state index is -4.76. The summed E-state index contributed by atoms with van der Waals surface area (Å²) < 4.78 is 72.8. The number of anilines is 4. The molecule has 2 atom stereocenters. The molecule has 2 aromatic carbocycles. The number of carbonyl (C=O) groups excluding carboxylic acids is 1. The Morgan fingerprint density at radius 2 is 1.93 bits per heavy atom. The number of piperidine rings is 1. The number of nitrogens with one attached hydrogen (secondary N) is 3. The van der Waals surface area contributed by atoms with Crippen LogP contribution >= 0.6 is 0 Å². The molecule has 248 valence electrons. The molecule has 0 bridgehead atoms. The summed E-state index contributed by atoms with van der Waals surface area (Å²) in [6.07, 6.45) is 1.10. The Hall–Kier alpha value is -4.11. The van der Waals surface area contributed by atoms with Crippen molar-refractivity contribution in [3.05, 3.63) is 64.8 Å². The SMILES string of the molecule is COc1cc(C(=O)NC2CCN3CCCC3C2)ccc1Nc1ncc(C(F)(F)F)c(NCc2ccc(C)cc2N(C)S(C)(=O)=O)n1. The van der Waals surface area contributed by atoms with E-state index in [-0.39, 0.29) is 30.2 Å². The van der Waals surface area contributed by atoms with Crippen molar-refractivity contribution in [1.29, 1.82) is 0 Å². The first-order chi connectivity index (χ1) is 21.7. The van der Waals surface area contributed by atoms with Crippen LogP contribution in [0.5, 0.6) is 5.75 Å². The summed E-state index contributed by atoms with van der Waals surface area (Å²) in [4.78, 5) is 23.5. The highest BCUT2D eigenvalue weighted by Crippen LogP contribution is 2.36. The predicted octanol–water partition coefficient (Wildman–Crippen LogP) is 4.92. The van der Waals surface area contributed by atoms with E-state index in [1.807, 2.05) is 0 Å². The van der Waals surface area contributed by atoms with E-state index in [9.17, 15) is 26.4 Å². The van der Waals surface area contributed by atoms with Gasteiger partial charge in [-0.05, 0) is 74.5 Å². The van der Waals surface area contributed by atoms with E-state index in [0.717, 1.165) is 48.5 Å². The third kappa shape index (κ3) is 7.64. The second-order valence-corrected chi connectivity index (χ2v) is 13.8. The Morgan fingerprint density at radius 3 is 2.65 bits per heavy atom. The highest BCUT2D eigenvalue weighted by Gasteiger charge is 2.36. The van der Waals surface area contributed by atoms with Crippen molar-refractivity contribution in [3.8, 4) is 5.75 Å². The number of methoxy groups -OCH3 is 1. The molecule has 0 saturated carbocycles. The first-order valence-corrected chi connectivity index (χ1v) is 16.8. The normalized spacial score (nSPS) is 18.5. The Morgan fingerprint density at radius 1 is 1.15 bits per heavy atom. The van der Waals surface area contributed by atoms with Gasteiger partial charge in [-0.15, -0.1) is 0 Å². The second kappa shape index (κ2) is 13.3. The molecule has 2 unspecified atom stereocenters. The van der Waals surface area contributed by atoms with Crippen molar-refractivity contribution >= 4 is 39.1 Å². The Balaban J connectivity index is 1.34. The minimum absolute atomic E-state index is 0.0878. The number of nitrogens with zero attached hydrogens (tertiary/aromatic N) is 4. The predicted molar refractivity (Wildman–Crippen MR) is 170 cm³/mol. The minimum Gasteiger partial charge on any atom is -0.495 e. The first kappa shape index (κ1) is 33.3. The number of fused-ring (bicyclic) bond motifs is 1. The van der Waals surface area contributed by atoms with Crippen LogP contribution in [-0.4, -0.2) is 74.8 Å². The fourth-order valence-corrected chi connectivity index (χ4v) is 6.47. The molecule has 1 aromatic heterocycles. The van der Waals surface area contributed by atoms with Crippen LogP contribution in [-0.2, 0) is 22.7 Å². The molecule has 0 aliphatic carbocycles. The Labute approximate surface area is 266 Å². The summed E-state index contributed by atoms with van der Waals surface area (Å²) in [6, 6.07) is 10.4. The maximum Gasteiger partial charge on any atom is 0.421 e. The van der Waals surface area contributed by atoms with Gasteiger partial charge in [-0.3, -0.25) is 9.10 Å². The number of sulfonamides is 1. The number of rotatable bonds is 10. The van der Waals surface area contributed by atoms with E-state index in [2.05, 4.69) is 30.8 Å². The van der Waals surface area contributed by atoms with Crippen LogP contribution < -0.4 is 25.0 Å². The van der Waals surface area contributed by atoms with Crippen LogP contribution in [0.25, 0.3) is 0 Å². The van der Waals surface area contributed by atoms with E-state index in [1.54, 1.807) is 43.3 Å². The molecule has 0 spiro atoms. The van der Waals surface area contributed by atoms with E-state index in [1.165, 1.54) is 20.6 Å². The van der Waals surface area contributed by atoms with Crippen molar-refractivity contribution in [3.63, 3.8) is 0 Å². The van der Waals surface area contributed by atoms with E-state index < -0.39 is 27.6 Å². The monoisotopic (exact) mass is 661 g/mol. The summed E-state index contributed by atoms with van der Waals surface area (Å²) in [5.74, 6) is -0.589. The fourth-order valence-electron chi connectivity index (χ4n) is 5.94. The number of aromatic nitrogens is 2. The number of amides is 1. The topological polar surface area (TPSA) is 129 Å². The zero-order valence-corrected chi connectivity index (χ0v) is 26.9. The standard InChI is InChI=1S/C31H38F3N7O4S/c1-19-7-8-21(26(14-19)40(2)46(4,43)44)17-35-28-24(31(32,33)34)18-36-30(39-28)38-25-10-9-20(15-27(25)45-3)29(42)37-22-11-13-41-12-5-6-23(41)16-22/h7-10,14-15,18,22-23H,5-6,11-13,16-17H2,1-4H3,(H,37,42)(H2,35,36,38,39). The summed E-state index contributed by atoms with van der Waals surface area (Å²) in [5, 5.41) is 8.73. The molecule has 11 nitrogen and oxygen atoms in total. The molecule has 1 amide bonds. The maximum absolute atomic E-state index is 13.9. The molecule has 3 N–H and O–H groups in total.